The van der Waals surface area contributed by atoms with Gasteiger partial charge in [-0.3, -0.25) is 0 Å². The fourth-order valence-electron chi connectivity index (χ4n) is 1.10. The number of hydrogen-bond donors (Lipinski definition) is 0. The Morgan fingerprint density at radius 1 is 1.20 bits per heavy atom. The van der Waals surface area contributed by atoms with Crippen molar-refractivity contribution >= 4 is 39.2 Å². The monoisotopic (exact) mass is 214 g/mol. The minimum Gasteiger partial charge on any atom is -0.121 e. The van der Waals surface area contributed by atoms with Gasteiger partial charge < -0.3 is 0 Å². The highest BCUT2D eigenvalue weighted by Crippen LogP contribution is 2.34. The van der Waals surface area contributed by atoms with Crippen LogP contribution in [0.15, 0.2) is 11.3 Å². The van der Waals surface area contributed by atoms with Crippen LogP contribution in [-0.4, -0.2) is 6.00 Å². The molecule has 0 saturated carbocycles. The Labute approximate surface area is 76.3 Å². The second-order valence-electron chi connectivity index (χ2n) is 2.47. The predicted octanol–water partition coefficient (Wildman–Crippen LogP) is 3.68. The maximum absolute atomic E-state index is 5.81. The van der Waals surface area contributed by atoms with Crippen molar-refractivity contribution in [1.82, 2.24) is 0 Å². The van der Waals surface area contributed by atoms with Crippen LogP contribution in [0, 0.1) is 0 Å². The van der Waals surface area contributed by atoms with Gasteiger partial charge in [0, 0.05) is 0 Å². The van der Waals surface area contributed by atoms with Crippen LogP contribution in [0.25, 0.3) is 0 Å². The zero-order chi connectivity index (χ0) is 7.61. The third kappa shape index (κ3) is 2.46. The molecule has 0 aromatic heterocycles. The second-order valence-corrected chi connectivity index (χ2v) is 11.0. The van der Waals surface area contributed by atoms with Gasteiger partial charge in [0.2, 0.25) is 0 Å². The molecule has 0 radical (unpaired) electrons. The lowest BCUT2D eigenvalue weighted by molar-refractivity contribution is 0.720. The van der Waals surface area contributed by atoms with Crippen molar-refractivity contribution in [3.63, 3.8) is 0 Å². The summed E-state index contributed by atoms with van der Waals surface area (Å²) in [5.41, 5.74) is 0. The zero-order valence-electron chi connectivity index (χ0n) is 5.54. The van der Waals surface area contributed by atoms with Crippen molar-refractivity contribution in [2.45, 2.75) is 25.7 Å². The van der Waals surface area contributed by atoms with E-state index in [4.69, 9.17) is 33.2 Å². The number of rotatable bonds is 1. The molecule has 0 aromatic carbocycles. The molecular weight excluding hydrogens is 207 g/mol. The minimum absolute atomic E-state index is 1.00. The third-order valence-corrected chi connectivity index (χ3v) is 5.02. The number of allylic oxidation sites excluding steroid dienone is 2. The van der Waals surface area contributed by atoms with E-state index in [0.717, 1.165) is 18.0 Å². The first kappa shape index (κ1) is 8.92. The molecule has 0 atom stereocenters. The molecular formula is C6H9Cl3Si. The van der Waals surface area contributed by atoms with Gasteiger partial charge in [0.25, 0.3) is 0 Å². The molecule has 0 fully saturated rings. The van der Waals surface area contributed by atoms with Crippen LogP contribution < -0.4 is 0 Å². The van der Waals surface area contributed by atoms with E-state index >= 15 is 0 Å². The summed E-state index contributed by atoms with van der Waals surface area (Å²) in [6.07, 6.45) is 6.63. The highest BCUT2D eigenvalue weighted by Gasteiger charge is 2.30. The van der Waals surface area contributed by atoms with E-state index in [0.29, 0.717) is 0 Å². The molecule has 0 bridgehead atoms. The van der Waals surface area contributed by atoms with Crippen molar-refractivity contribution < 1.29 is 0 Å². The van der Waals surface area contributed by atoms with Crippen LogP contribution in [0.3, 0.4) is 0 Å². The Bertz CT molecular complexity index is 148. The standard InChI is InChI=1S/C6H9Cl3Si/c7-10(8,9)6-4-2-1-3-5-6/h4H,1-3,5H2. The van der Waals surface area contributed by atoms with Crippen molar-refractivity contribution in [3.05, 3.63) is 11.3 Å². The summed E-state index contributed by atoms with van der Waals surface area (Å²) in [4.78, 5) is 0. The summed E-state index contributed by atoms with van der Waals surface area (Å²) in [7, 11) is 0. The highest BCUT2D eigenvalue weighted by atomic mass is 35.8. The van der Waals surface area contributed by atoms with Crippen molar-refractivity contribution in [3.8, 4) is 0 Å². The van der Waals surface area contributed by atoms with Gasteiger partial charge in [-0.05, 0) is 30.9 Å². The molecule has 0 aliphatic heterocycles. The van der Waals surface area contributed by atoms with Gasteiger partial charge >= 0.3 is 6.00 Å². The molecule has 0 unspecified atom stereocenters. The van der Waals surface area contributed by atoms with Crippen molar-refractivity contribution in [2.75, 3.05) is 0 Å². The van der Waals surface area contributed by atoms with Crippen LogP contribution >= 0.6 is 33.2 Å². The third-order valence-electron chi connectivity index (χ3n) is 1.66. The summed E-state index contributed by atoms with van der Waals surface area (Å²) in [5, 5.41) is 1.10. The average molecular weight is 216 g/mol. The molecule has 0 heterocycles. The van der Waals surface area contributed by atoms with Gasteiger partial charge in [0.15, 0.2) is 0 Å². The SMILES string of the molecule is Cl[Si](Cl)(Cl)C1=CCCCC1. The average Bonchev–Trinajstić information content (AvgIpc) is 1.88. The lowest BCUT2D eigenvalue weighted by atomic mass is 10.1. The normalized spacial score (nSPS) is 20.5. The van der Waals surface area contributed by atoms with Crippen LogP contribution in [-0.2, 0) is 0 Å². The molecule has 0 aromatic rings. The first-order chi connectivity index (χ1) is 4.61. The van der Waals surface area contributed by atoms with Gasteiger partial charge in [-0.25, -0.2) is 0 Å². The molecule has 1 aliphatic carbocycles. The maximum atomic E-state index is 5.81. The number of halogens is 3. The van der Waals surface area contributed by atoms with Crippen LogP contribution in [0.4, 0.5) is 0 Å². The Morgan fingerprint density at radius 3 is 2.20 bits per heavy atom. The van der Waals surface area contributed by atoms with Gasteiger partial charge in [0.1, 0.15) is 0 Å². The Balaban J connectivity index is 2.62. The summed E-state index contributed by atoms with van der Waals surface area (Å²) in [6, 6.07) is -2.48. The van der Waals surface area contributed by atoms with E-state index in [9.17, 15) is 0 Å². The zero-order valence-corrected chi connectivity index (χ0v) is 8.81. The molecule has 0 N–H and O–H groups in total. The van der Waals surface area contributed by atoms with E-state index in [1.54, 1.807) is 0 Å². The summed E-state index contributed by atoms with van der Waals surface area (Å²) in [5.74, 6) is 0. The topological polar surface area (TPSA) is 0 Å². The van der Waals surface area contributed by atoms with Crippen molar-refractivity contribution in [1.29, 1.82) is 0 Å². The fraction of sp³-hybridized carbons (Fsp3) is 0.667. The molecule has 0 saturated heterocycles. The first-order valence-corrected chi connectivity index (χ1v) is 8.40. The molecule has 1 aliphatic rings. The quantitative estimate of drug-likeness (QED) is 0.462. The van der Waals surface area contributed by atoms with Gasteiger partial charge in [-0.15, -0.1) is 33.2 Å². The second kappa shape index (κ2) is 3.48. The lowest BCUT2D eigenvalue weighted by Gasteiger charge is -2.16. The van der Waals surface area contributed by atoms with Gasteiger partial charge in [0.05, 0.1) is 0 Å². The molecule has 0 amide bonds. The minimum atomic E-state index is -2.48. The summed E-state index contributed by atoms with van der Waals surface area (Å²) >= 11 is 17.4. The Morgan fingerprint density at radius 2 is 1.90 bits per heavy atom. The Hall–Kier alpha value is 0.827. The lowest BCUT2D eigenvalue weighted by Crippen LogP contribution is -2.16. The molecule has 0 spiro atoms. The predicted molar refractivity (Wildman–Crippen MR) is 49.9 cm³/mol. The molecule has 4 heteroatoms. The largest absolute Gasteiger partial charge is 0.368 e. The van der Waals surface area contributed by atoms with Gasteiger partial charge in [-0.2, -0.15) is 0 Å². The summed E-state index contributed by atoms with van der Waals surface area (Å²) < 4.78 is 0. The molecule has 0 nitrogen and oxygen atoms in total. The molecule has 1 rings (SSSR count). The number of hydrogen-bond acceptors (Lipinski definition) is 0. The Kier molecular flexibility index (Phi) is 3.11. The maximum Gasteiger partial charge on any atom is 0.368 e. The van der Waals surface area contributed by atoms with E-state index in [-0.39, 0.29) is 0 Å². The highest BCUT2D eigenvalue weighted by molar-refractivity contribution is 7.67. The van der Waals surface area contributed by atoms with Crippen molar-refractivity contribution in [2.24, 2.45) is 0 Å². The molecule has 58 valence electrons. The van der Waals surface area contributed by atoms with Crippen LogP contribution in [0.2, 0.25) is 0 Å². The van der Waals surface area contributed by atoms with E-state index < -0.39 is 6.00 Å². The van der Waals surface area contributed by atoms with Crippen LogP contribution in [0.1, 0.15) is 25.7 Å². The van der Waals surface area contributed by atoms with E-state index in [1.807, 2.05) is 0 Å². The fourth-order valence-corrected chi connectivity index (χ4v) is 3.48. The molecule has 10 heavy (non-hydrogen) atoms. The van der Waals surface area contributed by atoms with Crippen LogP contribution in [0.5, 0.6) is 0 Å². The smallest absolute Gasteiger partial charge is 0.121 e. The van der Waals surface area contributed by atoms with Gasteiger partial charge in [-0.1, -0.05) is 6.08 Å². The first-order valence-electron chi connectivity index (χ1n) is 3.37. The van der Waals surface area contributed by atoms with E-state index in [2.05, 4.69) is 6.08 Å². The van der Waals surface area contributed by atoms with E-state index in [1.165, 1.54) is 12.8 Å². The summed E-state index contributed by atoms with van der Waals surface area (Å²) in [6.45, 7) is 0.